The van der Waals surface area contributed by atoms with Crippen molar-refractivity contribution in [2.45, 2.75) is 46.3 Å². The highest BCUT2D eigenvalue weighted by molar-refractivity contribution is 5.74. The van der Waals surface area contributed by atoms with Gasteiger partial charge in [0.05, 0.1) is 12.7 Å². The number of amides is 2. The molecule has 0 atom stereocenters. The molecular weight excluding hydrogens is 262 g/mol. The number of aliphatic carboxylic acids is 1. The van der Waals surface area contributed by atoms with E-state index in [1.165, 1.54) is 10.9 Å². The van der Waals surface area contributed by atoms with Crippen LogP contribution in [0, 0.1) is 0 Å². The Hall–Kier alpha value is -2.12. The first-order valence-electron chi connectivity index (χ1n) is 6.59. The molecule has 0 saturated heterocycles. The van der Waals surface area contributed by atoms with E-state index in [9.17, 15) is 9.59 Å². The molecule has 2 N–H and O–H groups in total. The zero-order chi connectivity index (χ0) is 15.1. The van der Waals surface area contributed by atoms with E-state index in [2.05, 4.69) is 15.6 Å². The number of nitrogens with one attached hydrogen (secondary N) is 1. The van der Waals surface area contributed by atoms with Crippen molar-refractivity contribution < 1.29 is 14.7 Å². The second-order valence-electron chi connectivity index (χ2n) is 4.75. The van der Waals surface area contributed by atoms with E-state index in [1.54, 1.807) is 4.90 Å². The van der Waals surface area contributed by atoms with Gasteiger partial charge in [0.25, 0.3) is 0 Å². The van der Waals surface area contributed by atoms with Crippen LogP contribution in [0.2, 0.25) is 0 Å². The number of carboxylic acid groups (broad SMARTS) is 1. The number of aromatic nitrogens is 3. The maximum absolute atomic E-state index is 12.0. The predicted molar refractivity (Wildman–Crippen MR) is 72.0 cm³/mol. The molecule has 20 heavy (non-hydrogen) atoms. The van der Waals surface area contributed by atoms with Crippen LogP contribution in [0.4, 0.5) is 4.79 Å². The van der Waals surface area contributed by atoms with Gasteiger partial charge in [-0.1, -0.05) is 12.1 Å². The second kappa shape index (κ2) is 7.46. The van der Waals surface area contributed by atoms with Crippen molar-refractivity contribution in [1.82, 2.24) is 25.2 Å². The molecule has 1 aromatic rings. The summed E-state index contributed by atoms with van der Waals surface area (Å²) >= 11 is 0. The van der Waals surface area contributed by atoms with E-state index in [0.29, 0.717) is 12.2 Å². The number of urea groups is 1. The maximum atomic E-state index is 12.0. The number of hydrogen-bond donors (Lipinski definition) is 2. The number of hydrogen-bond acceptors (Lipinski definition) is 4. The van der Waals surface area contributed by atoms with E-state index < -0.39 is 5.97 Å². The third kappa shape index (κ3) is 4.87. The fourth-order valence-corrected chi connectivity index (χ4v) is 1.74. The summed E-state index contributed by atoms with van der Waals surface area (Å²) in [5.41, 5.74) is 0.528. The van der Waals surface area contributed by atoms with Crippen LogP contribution in [0.25, 0.3) is 0 Å². The topological polar surface area (TPSA) is 100 Å². The van der Waals surface area contributed by atoms with Gasteiger partial charge in [-0.25, -0.2) is 9.48 Å². The molecule has 0 fully saturated rings. The average Bonchev–Trinajstić information content (AvgIpc) is 2.79. The molecule has 0 bridgehead atoms. The fraction of sp³-hybridized carbons (Fsp3) is 0.667. The zero-order valence-electron chi connectivity index (χ0n) is 12.0. The molecule has 1 heterocycles. The molecular formula is C12H21N5O3. The Labute approximate surface area is 117 Å². The molecule has 2 amide bonds. The van der Waals surface area contributed by atoms with Gasteiger partial charge < -0.3 is 15.3 Å². The third-order valence-corrected chi connectivity index (χ3v) is 2.65. The van der Waals surface area contributed by atoms with Crippen molar-refractivity contribution in [3.8, 4) is 0 Å². The fourth-order valence-electron chi connectivity index (χ4n) is 1.74. The van der Waals surface area contributed by atoms with E-state index >= 15 is 0 Å². The van der Waals surface area contributed by atoms with Crippen LogP contribution >= 0.6 is 0 Å². The number of rotatable bonds is 7. The third-order valence-electron chi connectivity index (χ3n) is 2.65. The highest BCUT2D eigenvalue weighted by Gasteiger charge is 2.15. The molecule has 0 aliphatic heterocycles. The monoisotopic (exact) mass is 283 g/mol. The lowest BCUT2D eigenvalue weighted by Crippen LogP contribution is -2.44. The van der Waals surface area contributed by atoms with Crippen molar-refractivity contribution in [3.63, 3.8) is 0 Å². The molecule has 0 aromatic carbocycles. The van der Waals surface area contributed by atoms with Gasteiger partial charge in [0.1, 0.15) is 12.2 Å². The lowest BCUT2D eigenvalue weighted by molar-refractivity contribution is -0.137. The van der Waals surface area contributed by atoms with Gasteiger partial charge in [-0.15, -0.1) is 5.10 Å². The summed E-state index contributed by atoms with van der Waals surface area (Å²) in [6, 6.07) is -0.0349. The van der Waals surface area contributed by atoms with Gasteiger partial charge >= 0.3 is 12.0 Å². The molecule has 0 unspecified atom stereocenters. The van der Waals surface area contributed by atoms with Gasteiger partial charge in [-0.05, 0) is 20.3 Å². The first kappa shape index (κ1) is 15.9. The van der Waals surface area contributed by atoms with Gasteiger partial charge in [0.15, 0.2) is 0 Å². The van der Waals surface area contributed by atoms with Gasteiger partial charge in [-0.3, -0.25) is 4.79 Å². The summed E-state index contributed by atoms with van der Waals surface area (Å²) in [6.07, 6.45) is 2.40. The summed E-state index contributed by atoms with van der Waals surface area (Å²) in [5, 5.41) is 18.9. The normalized spacial score (nSPS) is 10.6. The van der Waals surface area contributed by atoms with Gasteiger partial charge in [0.2, 0.25) is 0 Å². The van der Waals surface area contributed by atoms with E-state index in [0.717, 1.165) is 6.42 Å². The highest BCUT2D eigenvalue weighted by Crippen LogP contribution is 2.01. The van der Waals surface area contributed by atoms with Crippen LogP contribution in [-0.4, -0.2) is 49.6 Å². The molecule has 112 valence electrons. The molecule has 0 aliphatic carbocycles. The first-order chi connectivity index (χ1) is 9.43. The predicted octanol–water partition coefficient (Wildman–Crippen LogP) is 0.693. The summed E-state index contributed by atoms with van der Waals surface area (Å²) in [7, 11) is 0. The van der Waals surface area contributed by atoms with Crippen molar-refractivity contribution in [2.24, 2.45) is 0 Å². The Kier molecular flexibility index (Phi) is 5.95. The maximum Gasteiger partial charge on any atom is 0.325 e. The Morgan fingerprint density at radius 1 is 1.50 bits per heavy atom. The standard InChI is InChI=1S/C12H21N5O3/c1-4-5-17(9(2)3)12(20)13-6-10-7-16(15-14-10)8-11(18)19/h7,9H,4-6,8H2,1-3H3,(H,13,20)(H,18,19). The molecule has 8 nitrogen and oxygen atoms in total. The minimum atomic E-state index is -0.987. The van der Waals surface area contributed by atoms with E-state index in [1.807, 2.05) is 20.8 Å². The lowest BCUT2D eigenvalue weighted by Gasteiger charge is -2.26. The van der Waals surface area contributed by atoms with Crippen LogP contribution in [0.15, 0.2) is 6.20 Å². The average molecular weight is 283 g/mol. The summed E-state index contributed by atoms with van der Waals surface area (Å²) < 4.78 is 1.22. The van der Waals surface area contributed by atoms with E-state index in [4.69, 9.17) is 5.11 Å². The molecule has 0 aliphatic rings. The van der Waals surface area contributed by atoms with Crippen LogP contribution in [0.1, 0.15) is 32.9 Å². The van der Waals surface area contributed by atoms with E-state index in [-0.39, 0.29) is 25.2 Å². The number of nitrogens with zero attached hydrogens (tertiary/aromatic N) is 4. The van der Waals surface area contributed by atoms with Crippen LogP contribution in [0.3, 0.4) is 0 Å². The Morgan fingerprint density at radius 3 is 2.75 bits per heavy atom. The zero-order valence-corrected chi connectivity index (χ0v) is 12.0. The van der Waals surface area contributed by atoms with Crippen molar-refractivity contribution in [2.75, 3.05) is 6.54 Å². The first-order valence-corrected chi connectivity index (χ1v) is 6.59. The number of carbonyl (C=O) groups is 2. The minimum Gasteiger partial charge on any atom is -0.480 e. The molecule has 0 radical (unpaired) electrons. The second-order valence-corrected chi connectivity index (χ2v) is 4.75. The molecule has 1 aromatic heterocycles. The number of carboxylic acids is 1. The molecule has 0 saturated carbocycles. The smallest absolute Gasteiger partial charge is 0.325 e. The summed E-state index contributed by atoms with van der Waals surface area (Å²) in [5.74, 6) is -0.987. The highest BCUT2D eigenvalue weighted by atomic mass is 16.4. The van der Waals surface area contributed by atoms with Crippen molar-refractivity contribution in [1.29, 1.82) is 0 Å². The Bertz CT molecular complexity index is 458. The Balaban J connectivity index is 2.51. The van der Waals surface area contributed by atoms with Crippen LogP contribution in [0.5, 0.6) is 0 Å². The molecule has 0 spiro atoms. The van der Waals surface area contributed by atoms with Crippen LogP contribution in [-0.2, 0) is 17.9 Å². The lowest BCUT2D eigenvalue weighted by atomic mass is 10.3. The largest absolute Gasteiger partial charge is 0.480 e. The quantitative estimate of drug-likeness (QED) is 0.767. The van der Waals surface area contributed by atoms with Crippen LogP contribution < -0.4 is 5.32 Å². The molecule has 8 heteroatoms. The minimum absolute atomic E-state index is 0.123. The van der Waals surface area contributed by atoms with Crippen molar-refractivity contribution in [3.05, 3.63) is 11.9 Å². The van der Waals surface area contributed by atoms with Gasteiger partial charge in [-0.2, -0.15) is 0 Å². The van der Waals surface area contributed by atoms with Crippen molar-refractivity contribution >= 4 is 12.0 Å². The number of carbonyl (C=O) groups excluding carboxylic acids is 1. The summed E-state index contributed by atoms with van der Waals surface area (Å²) in [4.78, 5) is 24.3. The Morgan fingerprint density at radius 2 is 2.20 bits per heavy atom. The molecule has 1 rings (SSSR count). The summed E-state index contributed by atoms with van der Waals surface area (Å²) in [6.45, 7) is 6.60. The SMILES string of the molecule is CCCN(C(=O)NCc1cn(CC(=O)O)nn1)C(C)C. The van der Waals surface area contributed by atoms with Gasteiger partial charge in [0, 0.05) is 12.6 Å².